The normalized spacial score (nSPS) is 12.1. The molecule has 0 saturated carbocycles. The molecule has 2 aromatic carbocycles. The van der Waals surface area contributed by atoms with E-state index in [4.69, 9.17) is 21.1 Å². The summed E-state index contributed by atoms with van der Waals surface area (Å²) in [7, 11) is 3.36. The van der Waals surface area contributed by atoms with Crippen molar-refractivity contribution in [3.8, 4) is 11.5 Å². The Balaban J connectivity index is 2.50. The number of ether oxygens (including phenoxy) is 2. The monoisotopic (exact) mass is 304 g/mol. The molecule has 0 amide bonds. The molecule has 0 aliphatic heterocycles. The van der Waals surface area contributed by atoms with Crippen LogP contribution in [0.25, 0.3) is 0 Å². The van der Waals surface area contributed by atoms with Gasteiger partial charge in [-0.1, -0.05) is 29.8 Å². The molecule has 0 N–H and O–H groups in total. The molecule has 1 unspecified atom stereocenters. The predicted molar refractivity (Wildman–Crippen MR) is 87.9 cm³/mol. The lowest BCUT2D eigenvalue weighted by atomic mass is 9.97. The van der Waals surface area contributed by atoms with Gasteiger partial charge in [0.15, 0.2) is 0 Å². The molecule has 0 aliphatic rings. The number of aryl methyl sites for hydroxylation is 3. The number of rotatable bonds is 4. The number of alkyl halides is 1. The number of halogens is 1. The highest BCUT2D eigenvalue weighted by Gasteiger charge is 2.18. The quantitative estimate of drug-likeness (QED) is 0.743. The number of methoxy groups -OCH3 is 2. The fourth-order valence-electron chi connectivity index (χ4n) is 2.68. The maximum atomic E-state index is 6.71. The molecule has 0 fully saturated rings. The van der Waals surface area contributed by atoms with Crippen LogP contribution in [0.5, 0.6) is 11.5 Å². The molecule has 112 valence electrons. The SMILES string of the molecule is COc1ccc(C)cc1C(Cl)c1cc(C)c(OC)c(C)c1. The second kappa shape index (κ2) is 6.40. The van der Waals surface area contributed by atoms with Gasteiger partial charge in [0, 0.05) is 5.56 Å². The zero-order valence-corrected chi connectivity index (χ0v) is 13.9. The van der Waals surface area contributed by atoms with Crippen molar-refractivity contribution in [3.63, 3.8) is 0 Å². The highest BCUT2D eigenvalue weighted by molar-refractivity contribution is 6.22. The zero-order chi connectivity index (χ0) is 15.6. The van der Waals surface area contributed by atoms with Crippen LogP contribution >= 0.6 is 11.6 Å². The summed E-state index contributed by atoms with van der Waals surface area (Å²) in [5, 5.41) is -0.247. The van der Waals surface area contributed by atoms with E-state index in [1.807, 2.05) is 26.0 Å². The highest BCUT2D eigenvalue weighted by atomic mass is 35.5. The van der Waals surface area contributed by atoms with Crippen molar-refractivity contribution in [2.24, 2.45) is 0 Å². The summed E-state index contributed by atoms with van der Waals surface area (Å²) < 4.78 is 10.9. The van der Waals surface area contributed by atoms with Crippen molar-refractivity contribution in [1.82, 2.24) is 0 Å². The van der Waals surface area contributed by atoms with Crippen LogP contribution in [0.2, 0.25) is 0 Å². The Morgan fingerprint density at radius 2 is 1.52 bits per heavy atom. The van der Waals surface area contributed by atoms with Gasteiger partial charge < -0.3 is 9.47 Å². The fourth-order valence-corrected chi connectivity index (χ4v) is 2.98. The minimum absolute atomic E-state index is 0.247. The van der Waals surface area contributed by atoms with Gasteiger partial charge in [0.2, 0.25) is 0 Å². The molecule has 0 aromatic heterocycles. The summed E-state index contributed by atoms with van der Waals surface area (Å²) in [6, 6.07) is 10.2. The van der Waals surface area contributed by atoms with E-state index >= 15 is 0 Å². The lowest BCUT2D eigenvalue weighted by molar-refractivity contribution is 0.408. The Kier molecular flexibility index (Phi) is 4.79. The fraction of sp³-hybridized carbons (Fsp3) is 0.333. The second-order valence-corrected chi connectivity index (χ2v) is 5.73. The highest BCUT2D eigenvalue weighted by Crippen LogP contribution is 2.38. The van der Waals surface area contributed by atoms with Crippen LogP contribution < -0.4 is 9.47 Å². The molecule has 2 aromatic rings. The third kappa shape index (κ3) is 3.16. The Bertz CT molecular complexity index is 627. The molecular weight excluding hydrogens is 284 g/mol. The maximum absolute atomic E-state index is 6.71. The van der Waals surface area contributed by atoms with Crippen molar-refractivity contribution in [2.75, 3.05) is 14.2 Å². The van der Waals surface area contributed by atoms with E-state index in [9.17, 15) is 0 Å². The summed E-state index contributed by atoms with van der Waals surface area (Å²) in [4.78, 5) is 0. The van der Waals surface area contributed by atoms with Crippen molar-refractivity contribution in [1.29, 1.82) is 0 Å². The number of hydrogen-bond acceptors (Lipinski definition) is 2. The summed E-state index contributed by atoms with van der Waals surface area (Å²) in [6.45, 7) is 6.12. The average molecular weight is 305 g/mol. The molecule has 2 rings (SSSR count). The van der Waals surface area contributed by atoms with Crippen molar-refractivity contribution >= 4 is 11.6 Å². The summed E-state index contributed by atoms with van der Waals surface area (Å²) >= 11 is 6.71. The van der Waals surface area contributed by atoms with Gasteiger partial charge in [-0.25, -0.2) is 0 Å². The van der Waals surface area contributed by atoms with Gasteiger partial charge in [-0.3, -0.25) is 0 Å². The van der Waals surface area contributed by atoms with E-state index in [2.05, 4.69) is 25.1 Å². The first-order valence-corrected chi connectivity index (χ1v) is 7.35. The molecule has 3 heteroatoms. The first kappa shape index (κ1) is 15.7. The van der Waals surface area contributed by atoms with Crippen molar-refractivity contribution in [3.05, 3.63) is 58.1 Å². The molecule has 0 saturated heterocycles. The third-order valence-corrected chi connectivity index (χ3v) is 4.12. The van der Waals surface area contributed by atoms with E-state index in [1.165, 1.54) is 5.56 Å². The molecule has 0 spiro atoms. The Labute approximate surface area is 131 Å². The van der Waals surface area contributed by atoms with Crippen LogP contribution in [0.1, 0.15) is 33.2 Å². The molecule has 0 bridgehead atoms. The molecule has 0 aliphatic carbocycles. The van der Waals surface area contributed by atoms with E-state index in [1.54, 1.807) is 14.2 Å². The van der Waals surface area contributed by atoms with Gasteiger partial charge in [-0.2, -0.15) is 0 Å². The molecule has 2 nitrogen and oxygen atoms in total. The van der Waals surface area contributed by atoms with Gasteiger partial charge in [0.05, 0.1) is 19.6 Å². The predicted octanol–water partition coefficient (Wildman–Crippen LogP) is 4.96. The van der Waals surface area contributed by atoms with Crippen LogP contribution in [0, 0.1) is 20.8 Å². The van der Waals surface area contributed by atoms with Crippen LogP contribution in [-0.2, 0) is 0 Å². The number of benzene rings is 2. The molecule has 0 radical (unpaired) electrons. The first-order chi connectivity index (χ1) is 9.97. The minimum Gasteiger partial charge on any atom is -0.496 e. The average Bonchev–Trinajstić information content (AvgIpc) is 2.46. The van der Waals surface area contributed by atoms with E-state index in [0.29, 0.717) is 0 Å². The smallest absolute Gasteiger partial charge is 0.124 e. The van der Waals surface area contributed by atoms with Crippen LogP contribution in [0.4, 0.5) is 0 Å². The van der Waals surface area contributed by atoms with Gasteiger partial charge in [0.1, 0.15) is 11.5 Å². The largest absolute Gasteiger partial charge is 0.496 e. The number of hydrogen-bond donors (Lipinski definition) is 0. The molecule has 21 heavy (non-hydrogen) atoms. The van der Waals surface area contributed by atoms with Crippen LogP contribution in [-0.4, -0.2) is 14.2 Å². The summed E-state index contributed by atoms with van der Waals surface area (Å²) in [6.07, 6.45) is 0. The topological polar surface area (TPSA) is 18.5 Å². The summed E-state index contributed by atoms with van der Waals surface area (Å²) in [5.74, 6) is 1.73. The zero-order valence-electron chi connectivity index (χ0n) is 13.2. The standard InChI is InChI=1S/C18H21ClO2/c1-11-6-7-16(20-4)15(8-11)17(19)14-9-12(2)18(21-5)13(3)10-14/h6-10,17H,1-5H3. The van der Waals surface area contributed by atoms with E-state index < -0.39 is 0 Å². The van der Waals surface area contributed by atoms with Gasteiger partial charge in [-0.15, -0.1) is 11.6 Å². The van der Waals surface area contributed by atoms with Gasteiger partial charge >= 0.3 is 0 Å². The van der Waals surface area contributed by atoms with E-state index in [0.717, 1.165) is 33.8 Å². The van der Waals surface area contributed by atoms with Crippen LogP contribution in [0.15, 0.2) is 30.3 Å². The second-order valence-electron chi connectivity index (χ2n) is 5.30. The van der Waals surface area contributed by atoms with Crippen molar-refractivity contribution in [2.45, 2.75) is 26.1 Å². The van der Waals surface area contributed by atoms with Crippen molar-refractivity contribution < 1.29 is 9.47 Å². The van der Waals surface area contributed by atoms with Crippen LogP contribution in [0.3, 0.4) is 0 Å². The minimum atomic E-state index is -0.247. The Hall–Kier alpha value is -1.67. The van der Waals surface area contributed by atoms with E-state index in [-0.39, 0.29) is 5.38 Å². The third-order valence-electron chi connectivity index (χ3n) is 3.64. The maximum Gasteiger partial charge on any atom is 0.124 e. The first-order valence-electron chi connectivity index (χ1n) is 6.91. The Morgan fingerprint density at radius 1 is 0.905 bits per heavy atom. The lowest BCUT2D eigenvalue weighted by Gasteiger charge is -2.18. The Morgan fingerprint density at radius 3 is 2.05 bits per heavy atom. The molecular formula is C18H21ClO2. The summed E-state index contributed by atoms with van der Waals surface area (Å²) in [5.41, 5.74) is 5.38. The molecule has 1 atom stereocenters. The molecule has 0 heterocycles. The van der Waals surface area contributed by atoms with Gasteiger partial charge in [-0.05, 0) is 43.5 Å². The lowest BCUT2D eigenvalue weighted by Crippen LogP contribution is -2.00. The van der Waals surface area contributed by atoms with Gasteiger partial charge in [0.25, 0.3) is 0 Å².